The first-order chi connectivity index (χ1) is 9.91. The van der Waals surface area contributed by atoms with Crippen LogP contribution in [0, 0.1) is 0 Å². The lowest BCUT2D eigenvalue weighted by Gasteiger charge is -2.23. The Labute approximate surface area is 125 Å². The van der Waals surface area contributed by atoms with Crippen LogP contribution in [0.1, 0.15) is 23.2 Å². The molecule has 1 heterocycles. The van der Waals surface area contributed by atoms with Crippen molar-refractivity contribution in [1.29, 1.82) is 0 Å². The van der Waals surface area contributed by atoms with Gasteiger partial charge in [-0.05, 0) is 37.6 Å². The number of nitrogens with one attached hydrogen (secondary N) is 2. The van der Waals surface area contributed by atoms with Gasteiger partial charge in [-0.15, -0.1) is 0 Å². The Morgan fingerprint density at radius 3 is 2.76 bits per heavy atom. The Balaban J connectivity index is 2.15. The van der Waals surface area contributed by atoms with Gasteiger partial charge in [0, 0.05) is 32.2 Å². The first kappa shape index (κ1) is 15.9. The summed E-state index contributed by atoms with van der Waals surface area (Å²) in [4.78, 5) is 12.3. The summed E-state index contributed by atoms with van der Waals surface area (Å²) in [6.45, 7) is 1.73. The van der Waals surface area contributed by atoms with Crippen molar-refractivity contribution in [3.05, 3.63) is 29.8 Å². The number of hydrogen-bond acceptors (Lipinski definition) is 4. The van der Waals surface area contributed by atoms with Gasteiger partial charge in [0.05, 0.1) is 4.90 Å². The molecule has 0 aromatic heterocycles. The molecule has 1 saturated heterocycles. The van der Waals surface area contributed by atoms with E-state index < -0.39 is 10.0 Å². The Kier molecular flexibility index (Phi) is 4.97. The monoisotopic (exact) mass is 311 g/mol. The molecule has 0 spiro atoms. The van der Waals surface area contributed by atoms with Crippen LogP contribution in [-0.2, 0) is 10.0 Å². The van der Waals surface area contributed by atoms with E-state index in [4.69, 9.17) is 0 Å². The van der Waals surface area contributed by atoms with Crippen LogP contribution in [-0.4, -0.2) is 51.9 Å². The summed E-state index contributed by atoms with van der Waals surface area (Å²) in [6, 6.07) is 6.22. The molecule has 1 aromatic carbocycles. The van der Waals surface area contributed by atoms with Crippen LogP contribution >= 0.6 is 0 Å². The van der Waals surface area contributed by atoms with Crippen LogP contribution in [0.25, 0.3) is 0 Å². The molecule has 1 aliphatic heterocycles. The zero-order chi connectivity index (χ0) is 15.5. The number of hydrogen-bond donors (Lipinski definition) is 2. The van der Waals surface area contributed by atoms with Crippen molar-refractivity contribution in [2.75, 3.05) is 27.2 Å². The third-order valence-corrected chi connectivity index (χ3v) is 5.32. The average Bonchev–Trinajstić information content (AvgIpc) is 2.48. The van der Waals surface area contributed by atoms with Crippen molar-refractivity contribution < 1.29 is 13.2 Å². The fraction of sp³-hybridized carbons (Fsp3) is 0.500. The number of carbonyl (C=O) groups is 1. The second-order valence-electron chi connectivity index (χ2n) is 5.33. The molecule has 21 heavy (non-hydrogen) atoms. The lowest BCUT2D eigenvalue weighted by Crippen LogP contribution is -2.45. The van der Waals surface area contributed by atoms with Crippen LogP contribution in [0.3, 0.4) is 0 Å². The summed E-state index contributed by atoms with van der Waals surface area (Å²) in [5.74, 6) is -0.237. The second kappa shape index (κ2) is 6.55. The molecule has 6 nitrogen and oxygen atoms in total. The zero-order valence-electron chi connectivity index (χ0n) is 12.3. The van der Waals surface area contributed by atoms with E-state index in [9.17, 15) is 13.2 Å². The number of carbonyl (C=O) groups excluding carboxylic acids is 1. The van der Waals surface area contributed by atoms with Gasteiger partial charge >= 0.3 is 0 Å². The highest BCUT2D eigenvalue weighted by Crippen LogP contribution is 2.15. The molecule has 1 atom stereocenters. The molecule has 0 bridgehead atoms. The Morgan fingerprint density at radius 1 is 1.38 bits per heavy atom. The third-order valence-electron chi connectivity index (χ3n) is 3.51. The van der Waals surface area contributed by atoms with Crippen molar-refractivity contribution >= 4 is 15.9 Å². The summed E-state index contributed by atoms with van der Waals surface area (Å²) in [6.07, 6.45) is 1.97. The fourth-order valence-electron chi connectivity index (χ4n) is 2.25. The standard InChI is InChI=1S/C14H21N3O3S/c1-17(2)21(19,20)13-7-3-5-11(9-13)14(18)16-12-6-4-8-15-10-12/h3,5,7,9,12,15H,4,6,8,10H2,1-2H3,(H,16,18)/t12-/m0/s1. The van der Waals surface area contributed by atoms with Crippen LogP contribution in [0.5, 0.6) is 0 Å². The highest BCUT2D eigenvalue weighted by Gasteiger charge is 2.20. The van der Waals surface area contributed by atoms with Crippen LogP contribution in [0.2, 0.25) is 0 Å². The third kappa shape index (κ3) is 3.81. The van der Waals surface area contributed by atoms with Crippen molar-refractivity contribution in [1.82, 2.24) is 14.9 Å². The molecule has 2 N–H and O–H groups in total. The van der Waals surface area contributed by atoms with E-state index in [1.165, 1.54) is 26.2 Å². The van der Waals surface area contributed by atoms with Crippen molar-refractivity contribution in [3.8, 4) is 0 Å². The molecule has 1 amide bonds. The zero-order valence-corrected chi connectivity index (χ0v) is 13.1. The molecular formula is C14H21N3O3S. The number of sulfonamides is 1. The normalized spacial score (nSPS) is 19.5. The Hall–Kier alpha value is -1.44. The summed E-state index contributed by atoms with van der Waals surface area (Å²) < 4.78 is 25.3. The van der Waals surface area contributed by atoms with Gasteiger partial charge in [0.2, 0.25) is 10.0 Å². The van der Waals surface area contributed by atoms with Crippen molar-refractivity contribution in [3.63, 3.8) is 0 Å². The van der Waals surface area contributed by atoms with Crippen LogP contribution < -0.4 is 10.6 Å². The quantitative estimate of drug-likeness (QED) is 0.845. The molecule has 2 rings (SSSR count). The van der Waals surface area contributed by atoms with E-state index in [2.05, 4.69) is 10.6 Å². The molecule has 0 aliphatic carbocycles. The fourth-order valence-corrected chi connectivity index (χ4v) is 3.20. The van der Waals surface area contributed by atoms with Crippen LogP contribution in [0.15, 0.2) is 29.2 Å². The molecule has 0 unspecified atom stereocenters. The lowest BCUT2D eigenvalue weighted by molar-refractivity contribution is 0.0930. The summed E-state index contributed by atoms with van der Waals surface area (Å²) >= 11 is 0. The average molecular weight is 311 g/mol. The van der Waals surface area contributed by atoms with Gasteiger partial charge in [0.25, 0.3) is 5.91 Å². The lowest BCUT2D eigenvalue weighted by atomic mass is 10.1. The molecule has 116 valence electrons. The summed E-state index contributed by atoms with van der Waals surface area (Å²) in [7, 11) is -0.589. The molecular weight excluding hydrogens is 290 g/mol. The second-order valence-corrected chi connectivity index (χ2v) is 7.48. The van der Waals surface area contributed by atoms with Gasteiger partial charge in [-0.1, -0.05) is 6.07 Å². The van der Waals surface area contributed by atoms with E-state index >= 15 is 0 Å². The molecule has 0 radical (unpaired) electrons. The predicted octanol–water partition coefficient (Wildman–Crippen LogP) is 0.419. The SMILES string of the molecule is CN(C)S(=O)(=O)c1cccc(C(=O)N[C@H]2CCCNC2)c1. The van der Waals surface area contributed by atoms with E-state index in [1.54, 1.807) is 12.1 Å². The minimum atomic E-state index is -3.53. The molecule has 1 aliphatic rings. The van der Waals surface area contributed by atoms with E-state index in [1.807, 2.05) is 0 Å². The first-order valence-corrected chi connectivity index (χ1v) is 8.39. The minimum Gasteiger partial charge on any atom is -0.348 e. The van der Waals surface area contributed by atoms with Gasteiger partial charge in [-0.25, -0.2) is 12.7 Å². The highest BCUT2D eigenvalue weighted by atomic mass is 32.2. The van der Waals surface area contributed by atoms with Gasteiger partial charge in [-0.3, -0.25) is 4.79 Å². The number of amides is 1. The van der Waals surface area contributed by atoms with Crippen molar-refractivity contribution in [2.24, 2.45) is 0 Å². The maximum absolute atomic E-state index is 12.2. The first-order valence-electron chi connectivity index (χ1n) is 6.95. The van der Waals surface area contributed by atoms with E-state index in [0.29, 0.717) is 5.56 Å². The molecule has 1 fully saturated rings. The number of nitrogens with zero attached hydrogens (tertiary/aromatic N) is 1. The Bertz CT molecular complexity index is 608. The van der Waals surface area contributed by atoms with Gasteiger partial charge in [0.15, 0.2) is 0 Å². The van der Waals surface area contributed by atoms with E-state index in [-0.39, 0.29) is 16.8 Å². The number of benzene rings is 1. The Morgan fingerprint density at radius 2 is 2.14 bits per heavy atom. The molecule has 0 saturated carbocycles. The number of rotatable bonds is 4. The smallest absolute Gasteiger partial charge is 0.251 e. The topological polar surface area (TPSA) is 78.5 Å². The maximum Gasteiger partial charge on any atom is 0.251 e. The summed E-state index contributed by atoms with van der Waals surface area (Å²) in [5, 5.41) is 6.16. The molecule has 1 aromatic rings. The maximum atomic E-state index is 12.2. The predicted molar refractivity (Wildman–Crippen MR) is 80.7 cm³/mol. The van der Waals surface area contributed by atoms with E-state index in [0.717, 1.165) is 30.2 Å². The van der Waals surface area contributed by atoms with Crippen molar-refractivity contribution in [2.45, 2.75) is 23.8 Å². The highest BCUT2D eigenvalue weighted by molar-refractivity contribution is 7.89. The number of piperidine rings is 1. The minimum absolute atomic E-state index is 0.0976. The summed E-state index contributed by atoms with van der Waals surface area (Å²) in [5.41, 5.74) is 0.364. The molecule has 7 heteroatoms. The van der Waals surface area contributed by atoms with Gasteiger partial charge in [-0.2, -0.15) is 0 Å². The van der Waals surface area contributed by atoms with Gasteiger partial charge in [0.1, 0.15) is 0 Å². The van der Waals surface area contributed by atoms with Crippen LogP contribution in [0.4, 0.5) is 0 Å². The van der Waals surface area contributed by atoms with Gasteiger partial charge < -0.3 is 10.6 Å². The largest absolute Gasteiger partial charge is 0.348 e.